The molecule has 2 nitrogen and oxygen atoms in total. The molecule has 0 spiro atoms. The molecule has 0 saturated carbocycles. The van der Waals surface area contributed by atoms with E-state index >= 15 is 0 Å². The van der Waals surface area contributed by atoms with Gasteiger partial charge in [0.15, 0.2) is 0 Å². The number of halogens is 1. The number of carbonyl (C=O) groups excluding carboxylic acids is 1. The summed E-state index contributed by atoms with van der Waals surface area (Å²) in [7, 11) is 0. The number of aryl methyl sites for hydroxylation is 1. The van der Waals surface area contributed by atoms with Gasteiger partial charge >= 0.3 is 0 Å². The highest BCUT2D eigenvalue weighted by molar-refractivity contribution is 6.31. The van der Waals surface area contributed by atoms with E-state index in [4.69, 9.17) is 11.6 Å². The van der Waals surface area contributed by atoms with Gasteiger partial charge in [0.2, 0.25) is 5.91 Å². The average molecular weight is 300 g/mol. The monoisotopic (exact) mass is 299 g/mol. The van der Waals surface area contributed by atoms with Gasteiger partial charge < -0.3 is 5.32 Å². The first-order valence-corrected chi connectivity index (χ1v) is 7.70. The van der Waals surface area contributed by atoms with Gasteiger partial charge in [-0.2, -0.15) is 0 Å². The van der Waals surface area contributed by atoms with Crippen LogP contribution in [0.1, 0.15) is 35.4 Å². The highest BCUT2D eigenvalue weighted by Gasteiger charge is 2.23. The summed E-state index contributed by atoms with van der Waals surface area (Å²) in [5.74, 6) is 0.448. The molecule has 1 aliphatic carbocycles. The number of amides is 1. The molecule has 2 aromatic carbocycles. The van der Waals surface area contributed by atoms with Crippen LogP contribution < -0.4 is 5.32 Å². The summed E-state index contributed by atoms with van der Waals surface area (Å²) in [5, 5.41) is 3.67. The van der Waals surface area contributed by atoms with Crippen molar-refractivity contribution >= 4 is 17.5 Å². The van der Waals surface area contributed by atoms with Gasteiger partial charge in [-0.05, 0) is 41.5 Å². The first-order valence-electron chi connectivity index (χ1n) is 7.32. The summed E-state index contributed by atoms with van der Waals surface area (Å²) < 4.78 is 0. The molecule has 0 bridgehead atoms. The predicted molar refractivity (Wildman–Crippen MR) is 85.4 cm³/mol. The van der Waals surface area contributed by atoms with Crippen LogP contribution in [0.15, 0.2) is 48.5 Å². The van der Waals surface area contributed by atoms with E-state index in [1.54, 1.807) is 0 Å². The lowest BCUT2D eigenvalue weighted by molar-refractivity contribution is -0.121. The summed E-state index contributed by atoms with van der Waals surface area (Å²) >= 11 is 6.09. The van der Waals surface area contributed by atoms with Crippen LogP contribution in [-0.4, -0.2) is 5.91 Å². The lowest BCUT2D eigenvalue weighted by Crippen LogP contribution is -2.24. The van der Waals surface area contributed by atoms with Gasteiger partial charge in [-0.1, -0.05) is 54.1 Å². The summed E-state index contributed by atoms with van der Waals surface area (Å²) in [6, 6.07) is 16.0. The van der Waals surface area contributed by atoms with Crippen molar-refractivity contribution in [3.63, 3.8) is 0 Å². The topological polar surface area (TPSA) is 29.1 Å². The lowest BCUT2D eigenvalue weighted by atomic mass is 9.97. The molecule has 0 fully saturated rings. The van der Waals surface area contributed by atoms with Crippen LogP contribution in [0.2, 0.25) is 5.02 Å². The lowest BCUT2D eigenvalue weighted by Gasteiger charge is -2.12. The summed E-state index contributed by atoms with van der Waals surface area (Å²) in [6.45, 7) is 0.493. The maximum Gasteiger partial charge on any atom is 0.220 e. The van der Waals surface area contributed by atoms with Crippen molar-refractivity contribution in [2.75, 3.05) is 0 Å². The van der Waals surface area contributed by atoms with E-state index < -0.39 is 0 Å². The van der Waals surface area contributed by atoms with Crippen LogP contribution in [0.25, 0.3) is 0 Å². The Kier molecular flexibility index (Phi) is 4.26. The molecule has 0 radical (unpaired) electrons. The van der Waals surface area contributed by atoms with E-state index in [9.17, 15) is 4.79 Å². The molecule has 0 aliphatic heterocycles. The minimum absolute atomic E-state index is 0.0941. The number of fused-ring (bicyclic) bond motifs is 1. The third-order valence-electron chi connectivity index (χ3n) is 4.12. The second-order valence-electron chi connectivity index (χ2n) is 5.51. The van der Waals surface area contributed by atoms with Crippen molar-refractivity contribution in [3.05, 3.63) is 70.2 Å². The Morgan fingerprint density at radius 1 is 1.14 bits per heavy atom. The molecule has 0 saturated heterocycles. The maximum atomic E-state index is 12.1. The van der Waals surface area contributed by atoms with Crippen molar-refractivity contribution in [2.45, 2.75) is 31.7 Å². The summed E-state index contributed by atoms with van der Waals surface area (Å²) in [6.07, 6.45) is 2.71. The van der Waals surface area contributed by atoms with Gasteiger partial charge in [0, 0.05) is 18.0 Å². The van der Waals surface area contributed by atoms with E-state index in [0.717, 1.165) is 18.4 Å². The molecule has 0 aromatic heterocycles. The number of benzene rings is 2. The largest absolute Gasteiger partial charge is 0.352 e. The SMILES string of the molecule is O=C(CC1CCc2ccccc21)NCc1ccccc1Cl. The third-order valence-corrected chi connectivity index (χ3v) is 4.49. The Morgan fingerprint density at radius 2 is 1.90 bits per heavy atom. The smallest absolute Gasteiger partial charge is 0.220 e. The fourth-order valence-electron chi connectivity index (χ4n) is 2.99. The highest BCUT2D eigenvalue weighted by Crippen LogP contribution is 2.35. The van der Waals surface area contributed by atoms with Crippen LogP contribution in [0.4, 0.5) is 0 Å². The Morgan fingerprint density at radius 3 is 2.76 bits per heavy atom. The Hall–Kier alpha value is -1.80. The van der Waals surface area contributed by atoms with Gasteiger partial charge in [0.05, 0.1) is 0 Å². The fraction of sp³-hybridized carbons (Fsp3) is 0.278. The second kappa shape index (κ2) is 6.31. The van der Waals surface area contributed by atoms with Gasteiger partial charge in [-0.15, -0.1) is 0 Å². The molecule has 2 aromatic rings. The quantitative estimate of drug-likeness (QED) is 0.905. The Labute approximate surface area is 130 Å². The number of carbonyl (C=O) groups is 1. The fourth-order valence-corrected chi connectivity index (χ4v) is 3.19. The van der Waals surface area contributed by atoms with E-state index in [1.807, 2.05) is 24.3 Å². The number of hydrogen-bond acceptors (Lipinski definition) is 1. The van der Waals surface area contributed by atoms with Crippen molar-refractivity contribution in [1.82, 2.24) is 5.32 Å². The maximum absolute atomic E-state index is 12.1. The van der Waals surface area contributed by atoms with Crippen molar-refractivity contribution < 1.29 is 4.79 Å². The standard InChI is InChI=1S/C18H18ClNO/c19-17-8-4-2-6-15(17)12-20-18(21)11-14-10-9-13-5-1-3-7-16(13)14/h1-8,14H,9-12H2,(H,20,21). The van der Waals surface area contributed by atoms with E-state index in [0.29, 0.717) is 23.9 Å². The molecular formula is C18H18ClNO. The second-order valence-corrected chi connectivity index (χ2v) is 5.91. The van der Waals surface area contributed by atoms with Crippen LogP contribution in [-0.2, 0) is 17.8 Å². The average Bonchev–Trinajstić information content (AvgIpc) is 2.90. The molecule has 1 N–H and O–H groups in total. The molecule has 3 rings (SSSR count). The van der Waals surface area contributed by atoms with Crippen molar-refractivity contribution in [1.29, 1.82) is 0 Å². The van der Waals surface area contributed by atoms with Crippen LogP contribution in [0.5, 0.6) is 0 Å². The Balaban J connectivity index is 1.57. The molecule has 1 atom stereocenters. The van der Waals surface area contributed by atoms with Gasteiger partial charge in [-0.3, -0.25) is 4.79 Å². The summed E-state index contributed by atoms with van der Waals surface area (Å²) in [4.78, 5) is 12.1. The predicted octanol–water partition coefficient (Wildman–Crippen LogP) is 4.08. The first-order chi connectivity index (χ1) is 10.2. The van der Waals surface area contributed by atoms with Gasteiger partial charge in [0.1, 0.15) is 0 Å². The molecule has 1 amide bonds. The van der Waals surface area contributed by atoms with Crippen molar-refractivity contribution in [2.24, 2.45) is 0 Å². The first kappa shape index (κ1) is 14.2. The molecular weight excluding hydrogens is 282 g/mol. The number of nitrogens with one attached hydrogen (secondary N) is 1. The minimum Gasteiger partial charge on any atom is -0.352 e. The van der Waals surface area contributed by atoms with Crippen LogP contribution >= 0.6 is 11.6 Å². The molecule has 0 heterocycles. The third kappa shape index (κ3) is 3.27. The molecule has 108 valence electrons. The molecule has 3 heteroatoms. The Bertz CT molecular complexity index is 653. The van der Waals surface area contributed by atoms with Gasteiger partial charge in [0.25, 0.3) is 0 Å². The van der Waals surface area contributed by atoms with Crippen LogP contribution in [0, 0.1) is 0 Å². The van der Waals surface area contributed by atoms with E-state index in [-0.39, 0.29) is 5.91 Å². The number of rotatable bonds is 4. The van der Waals surface area contributed by atoms with E-state index in [1.165, 1.54) is 11.1 Å². The number of hydrogen-bond donors (Lipinski definition) is 1. The zero-order valence-electron chi connectivity index (χ0n) is 11.8. The zero-order valence-corrected chi connectivity index (χ0v) is 12.6. The van der Waals surface area contributed by atoms with Crippen molar-refractivity contribution in [3.8, 4) is 0 Å². The summed E-state index contributed by atoms with van der Waals surface area (Å²) in [5.41, 5.74) is 3.69. The van der Waals surface area contributed by atoms with E-state index in [2.05, 4.69) is 29.6 Å². The normalized spacial score (nSPS) is 16.5. The zero-order chi connectivity index (χ0) is 14.7. The molecule has 21 heavy (non-hydrogen) atoms. The van der Waals surface area contributed by atoms with Gasteiger partial charge in [-0.25, -0.2) is 0 Å². The van der Waals surface area contributed by atoms with Crippen LogP contribution in [0.3, 0.4) is 0 Å². The minimum atomic E-state index is 0.0941. The molecule has 1 aliphatic rings. The highest BCUT2D eigenvalue weighted by atomic mass is 35.5. The molecule has 1 unspecified atom stereocenters.